The highest BCUT2D eigenvalue weighted by molar-refractivity contribution is 7.89. The lowest BCUT2D eigenvalue weighted by atomic mass is 10.3. The third-order valence-electron chi connectivity index (χ3n) is 3.75. The molecule has 0 aromatic heterocycles. The Kier molecular flexibility index (Phi) is 5.70. The van der Waals surface area contributed by atoms with Crippen molar-refractivity contribution in [1.29, 1.82) is 0 Å². The molecular weight excluding hydrogens is 329 g/mol. The van der Waals surface area contributed by atoms with Gasteiger partial charge in [-0.2, -0.15) is 0 Å². The molecule has 0 aliphatic carbocycles. The molecule has 2 aromatic rings. The van der Waals surface area contributed by atoms with Crippen LogP contribution in [0.1, 0.15) is 0 Å². The van der Waals surface area contributed by atoms with E-state index in [1.54, 1.807) is 12.1 Å². The van der Waals surface area contributed by atoms with Gasteiger partial charge in [0, 0.05) is 0 Å². The van der Waals surface area contributed by atoms with E-state index in [0.29, 0.717) is 0 Å². The molecule has 0 heterocycles. The maximum absolute atomic E-state index is 11.2. The lowest BCUT2D eigenvalue weighted by Gasteiger charge is -2.25. The quantitative estimate of drug-likeness (QED) is 0.318. The summed E-state index contributed by atoms with van der Waals surface area (Å²) in [6.07, 6.45) is 5.26. The van der Waals surface area contributed by atoms with E-state index < -0.39 is 12.2 Å². The molecule has 0 aliphatic rings. The fourth-order valence-corrected chi connectivity index (χ4v) is 6.54. The van der Waals surface area contributed by atoms with Crippen LogP contribution in [0.25, 0.3) is 0 Å². The van der Waals surface area contributed by atoms with Gasteiger partial charge in [-0.1, -0.05) is 55.1 Å². The molecule has 0 atom stereocenters. The van der Waals surface area contributed by atoms with Crippen molar-refractivity contribution in [3.8, 4) is 0 Å². The summed E-state index contributed by atoms with van der Waals surface area (Å²) in [7, 11) is -1.89. The molecule has 23 heavy (non-hydrogen) atoms. The van der Waals surface area contributed by atoms with E-state index in [9.17, 15) is 10.1 Å². The number of hydrogen-bond donors (Lipinski definition) is 0. The SMILES string of the molecule is C=CC[P+](CC=C)(c1ccccc1)c1ccc(Cl)c([N+](=O)[O-])c1. The third kappa shape index (κ3) is 3.52. The van der Waals surface area contributed by atoms with Gasteiger partial charge in [0.2, 0.25) is 0 Å². The largest absolute Gasteiger partial charge is 0.291 e. The second-order valence-corrected chi connectivity index (χ2v) is 9.24. The average Bonchev–Trinajstić information content (AvgIpc) is 2.55. The molecule has 0 N–H and O–H groups in total. The number of hydrogen-bond acceptors (Lipinski definition) is 2. The molecule has 0 aliphatic heterocycles. The van der Waals surface area contributed by atoms with Gasteiger partial charge in [0.05, 0.1) is 35.9 Å². The summed E-state index contributed by atoms with van der Waals surface area (Å²) in [5.74, 6) is 0. The zero-order chi connectivity index (χ0) is 16.9. The first kappa shape index (κ1) is 17.4. The molecule has 0 spiro atoms. The smallest absolute Gasteiger partial charge is 0.258 e. The van der Waals surface area contributed by atoms with Crippen molar-refractivity contribution >= 4 is 35.2 Å². The average molecular weight is 347 g/mol. The molecule has 2 aromatic carbocycles. The molecule has 2 rings (SSSR count). The van der Waals surface area contributed by atoms with Crippen LogP contribution in [0.4, 0.5) is 5.69 Å². The predicted molar refractivity (Wildman–Crippen MR) is 101 cm³/mol. The molecular formula is C18H18ClNO2P+. The number of halogens is 1. The lowest BCUT2D eigenvalue weighted by molar-refractivity contribution is -0.384. The molecule has 0 amide bonds. The van der Waals surface area contributed by atoms with Gasteiger partial charge in [-0.3, -0.25) is 10.1 Å². The molecule has 0 saturated heterocycles. The van der Waals surface area contributed by atoms with Crippen molar-refractivity contribution in [1.82, 2.24) is 0 Å². The zero-order valence-corrected chi connectivity index (χ0v) is 14.3. The topological polar surface area (TPSA) is 43.1 Å². The third-order valence-corrected chi connectivity index (χ3v) is 8.39. The second kappa shape index (κ2) is 7.54. The number of allylic oxidation sites excluding steroid dienone is 2. The summed E-state index contributed by atoms with van der Waals surface area (Å²) in [4.78, 5) is 10.8. The highest BCUT2D eigenvalue weighted by Crippen LogP contribution is 2.57. The molecule has 5 heteroatoms. The molecule has 3 nitrogen and oxygen atoms in total. The molecule has 0 radical (unpaired) electrons. The maximum Gasteiger partial charge on any atom is 0.291 e. The monoisotopic (exact) mass is 346 g/mol. The van der Waals surface area contributed by atoms with Crippen LogP contribution in [-0.2, 0) is 0 Å². The summed E-state index contributed by atoms with van der Waals surface area (Å²) in [5.41, 5.74) is -0.0578. The van der Waals surface area contributed by atoms with Crippen molar-refractivity contribution in [3.05, 3.63) is 89.0 Å². The van der Waals surface area contributed by atoms with E-state index in [2.05, 4.69) is 25.3 Å². The Hall–Kier alpha value is -1.96. The van der Waals surface area contributed by atoms with E-state index in [1.807, 2.05) is 36.4 Å². The lowest BCUT2D eigenvalue weighted by Crippen LogP contribution is -2.26. The molecule has 0 saturated carbocycles. The Morgan fingerprint density at radius 1 is 1.04 bits per heavy atom. The Morgan fingerprint density at radius 3 is 2.17 bits per heavy atom. The van der Waals surface area contributed by atoms with Crippen molar-refractivity contribution in [2.75, 3.05) is 12.3 Å². The summed E-state index contributed by atoms with van der Waals surface area (Å²) in [5, 5.41) is 13.5. The van der Waals surface area contributed by atoms with Gasteiger partial charge in [-0.05, 0) is 24.3 Å². The first-order valence-corrected chi connectivity index (χ1v) is 9.68. The zero-order valence-electron chi connectivity index (χ0n) is 12.7. The van der Waals surface area contributed by atoms with Gasteiger partial charge in [0.15, 0.2) is 0 Å². The van der Waals surface area contributed by atoms with Gasteiger partial charge < -0.3 is 0 Å². The number of rotatable bonds is 7. The summed E-state index contributed by atoms with van der Waals surface area (Å²) in [6, 6.07) is 15.2. The fourth-order valence-electron chi connectivity index (χ4n) is 2.71. The minimum absolute atomic E-state index is 0.0578. The Labute approximate surface area is 141 Å². The number of nitro benzene ring substituents is 1. The summed E-state index contributed by atoms with van der Waals surface area (Å²) < 4.78 is 0. The Morgan fingerprint density at radius 2 is 1.65 bits per heavy atom. The van der Waals surface area contributed by atoms with Crippen LogP contribution < -0.4 is 10.6 Å². The van der Waals surface area contributed by atoms with E-state index in [4.69, 9.17) is 11.6 Å². The minimum Gasteiger partial charge on any atom is -0.258 e. The van der Waals surface area contributed by atoms with Crippen LogP contribution in [0.2, 0.25) is 5.02 Å². The Balaban J connectivity index is 2.71. The van der Waals surface area contributed by atoms with Gasteiger partial charge in [-0.15, -0.1) is 0 Å². The molecule has 0 unspecified atom stereocenters. The van der Waals surface area contributed by atoms with Crippen molar-refractivity contribution in [3.63, 3.8) is 0 Å². The maximum atomic E-state index is 11.2. The fraction of sp³-hybridized carbons (Fsp3) is 0.111. The highest BCUT2D eigenvalue weighted by atomic mass is 35.5. The van der Waals surface area contributed by atoms with Crippen LogP contribution >= 0.6 is 18.9 Å². The molecule has 118 valence electrons. The Bertz CT molecular complexity index is 721. The van der Waals surface area contributed by atoms with Crippen molar-refractivity contribution in [2.45, 2.75) is 0 Å². The van der Waals surface area contributed by atoms with E-state index in [-0.39, 0.29) is 10.7 Å². The first-order chi connectivity index (χ1) is 11.0. The van der Waals surface area contributed by atoms with Crippen LogP contribution in [0.15, 0.2) is 73.8 Å². The second-order valence-electron chi connectivity index (χ2n) is 5.14. The van der Waals surface area contributed by atoms with Gasteiger partial charge in [0.1, 0.15) is 10.3 Å². The van der Waals surface area contributed by atoms with Crippen LogP contribution in [-0.4, -0.2) is 17.2 Å². The number of nitro groups is 1. The van der Waals surface area contributed by atoms with Crippen LogP contribution in [0.3, 0.4) is 0 Å². The number of benzene rings is 2. The number of nitrogens with zero attached hydrogens (tertiary/aromatic N) is 1. The van der Waals surface area contributed by atoms with E-state index >= 15 is 0 Å². The van der Waals surface area contributed by atoms with E-state index in [1.165, 1.54) is 5.30 Å². The molecule has 0 bridgehead atoms. The van der Waals surface area contributed by atoms with Crippen molar-refractivity contribution in [2.24, 2.45) is 0 Å². The molecule has 0 fully saturated rings. The summed E-state index contributed by atoms with van der Waals surface area (Å²) in [6.45, 7) is 7.77. The van der Waals surface area contributed by atoms with Gasteiger partial charge >= 0.3 is 0 Å². The van der Waals surface area contributed by atoms with Crippen LogP contribution in [0, 0.1) is 10.1 Å². The highest BCUT2D eigenvalue weighted by Gasteiger charge is 2.41. The summed E-state index contributed by atoms with van der Waals surface area (Å²) >= 11 is 5.97. The van der Waals surface area contributed by atoms with Crippen molar-refractivity contribution < 1.29 is 4.92 Å². The normalized spacial score (nSPS) is 11.0. The van der Waals surface area contributed by atoms with Gasteiger partial charge in [0.25, 0.3) is 5.69 Å². The predicted octanol–water partition coefficient (Wildman–Crippen LogP) is 4.59. The van der Waals surface area contributed by atoms with E-state index in [0.717, 1.165) is 17.6 Å². The van der Waals surface area contributed by atoms with Crippen LogP contribution in [0.5, 0.6) is 0 Å². The van der Waals surface area contributed by atoms with Gasteiger partial charge in [-0.25, -0.2) is 0 Å². The standard InChI is InChI=1S/C18H18ClNO2P/c1-3-12-23(13-4-2,15-8-6-5-7-9-15)16-10-11-17(19)18(14-16)20(21)22/h3-11,14H,1-2,12-13H2/q+1. The first-order valence-electron chi connectivity index (χ1n) is 7.14. The minimum atomic E-state index is -1.89.